The van der Waals surface area contributed by atoms with Crippen molar-refractivity contribution in [3.8, 4) is 0 Å². The Morgan fingerprint density at radius 1 is 1.50 bits per heavy atom. The first kappa shape index (κ1) is 10.6. The number of hydrogen-bond donors (Lipinski definition) is 1. The van der Waals surface area contributed by atoms with Gasteiger partial charge in [0.15, 0.2) is 0 Å². The van der Waals surface area contributed by atoms with E-state index in [1.54, 1.807) is 13.0 Å². The summed E-state index contributed by atoms with van der Waals surface area (Å²) in [4.78, 5) is 10.3. The molecular formula is C10H10F2O2. The molecule has 0 saturated heterocycles. The Hall–Kier alpha value is -1.45. The van der Waals surface area contributed by atoms with E-state index in [1.807, 2.05) is 0 Å². The van der Waals surface area contributed by atoms with Gasteiger partial charge in [-0.15, -0.1) is 0 Å². The number of halogens is 2. The Balaban J connectivity index is 3.00. The highest BCUT2D eigenvalue weighted by Gasteiger charge is 2.11. The number of benzene rings is 1. The van der Waals surface area contributed by atoms with Crippen LogP contribution in [0.5, 0.6) is 0 Å². The summed E-state index contributed by atoms with van der Waals surface area (Å²) in [6, 6.07) is 4.31. The molecule has 0 fully saturated rings. The topological polar surface area (TPSA) is 37.3 Å². The molecule has 0 aliphatic carbocycles. The molecule has 0 unspecified atom stereocenters. The van der Waals surface area contributed by atoms with E-state index in [9.17, 15) is 13.6 Å². The third kappa shape index (κ3) is 2.52. The van der Waals surface area contributed by atoms with Gasteiger partial charge in [-0.1, -0.05) is 12.1 Å². The summed E-state index contributed by atoms with van der Waals surface area (Å²) in [5, 5.41) is 8.48. The van der Waals surface area contributed by atoms with Crippen LogP contribution in [0.2, 0.25) is 0 Å². The lowest BCUT2D eigenvalue weighted by atomic mass is 10.0. The van der Waals surface area contributed by atoms with Gasteiger partial charge in [-0.2, -0.15) is 0 Å². The number of carboxylic acid groups (broad SMARTS) is 1. The Labute approximate surface area is 80.2 Å². The summed E-state index contributed by atoms with van der Waals surface area (Å²) in [7, 11) is 0. The van der Waals surface area contributed by atoms with Crippen LogP contribution in [0.1, 0.15) is 23.1 Å². The van der Waals surface area contributed by atoms with Crippen LogP contribution in [-0.2, 0) is 11.2 Å². The van der Waals surface area contributed by atoms with Gasteiger partial charge in [-0.3, -0.25) is 4.79 Å². The van der Waals surface area contributed by atoms with Crippen LogP contribution >= 0.6 is 0 Å². The molecule has 0 radical (unpaired) electrons. The summed E-state index contributed by atoms with van der Waals surface area (Å²) in [6.45, 7) is 1.58. The Kier molecular flexibility index (Phi) is 3.17. The average Bonchev–Trinajstić information content (AvgIpc) is 2.07. The van der Waals surface area contributed by atoms with Crippen LogP contribution in [0.4, 0.5) is 8.78 Å². The quantitative estimate of drug-likeness (QED) is 0.814. The van der Waals surface area contributed by atoms with E-state index in [2.05, 4.69) is 0 Å². The smallest absolute Gasteiger partial charge is 0.307 e. The minimum absolute atomic E-state index is 0.0937. The van der Waals surface area contributed by atoms with Gasteiger partial charge in [0.05, 0.1) is 6.42 Å². The van der Waals surface area contributed by atoms with E-state index in [1.165, 1.54) is 12.1 Å². The zero-order valence-electron chi connectivity index (χ0n) is 7.63. The first-order chi connectivity index (χ1) is 6.50. The molecular weight excluding hydrogens is 190 g/mol. The van der Waals surface area contributed by atoms with Crippen molar-refractivity contribution in [2.45, 2.75) is 19.8 Å². The molecule has 1 aromatic carbocycles. The molecule has 0 aliphatic rings. The number of aryl methyl sites for hydroxylation is 1. The maximum Gasteiger partial charge on any atom is 0.307 e. The average molecular weight is 200 g/mol. The third-order valence-corrected chi connectivity index (χ3v) is 1.93. The van der Waals surface area contributed by atoms with Crippen molar-refractivity contribution in [2.24, 2.45) is 0 Å². The molecule has 0 aromatic heterocycles. The number of aliphatic carboxylic acids is 1. The van der Waals surface area contributed by atoms with Gasteiger partial charge in [-0.05, 0) is 24.1 Å². The second kappa shape index (κ2) is 4.17. The number of carboxylic acids is 1. The van der Waals surface area contributed by atoms with Gasteiger partial charge >= 0.3 is 5.97 Å². The normalized spacial score (nSPS) is 10.6. The maximum absolute atomic E-state index is 12.4. The van der Waals surface area contributed by atoms with Crippen LogP contribution in [0.25, 0.3) is 0 Å². The monoisotopic (exact) mass is 200 g/mol. The fourth-order valence-electron chi connectivity index (χ4n) is 1.21. The number of carbonyl (C=O) groups is 1. The van der Waals surface area contributed by atoms with Crippen LogP contribution in [0.3, 0.4) is 0 Å². The van der Waals surface area contributed by atoms with Crippen LogP contribution < -0.4 is 0 Å². The first-order valence-electron chi connectivity index (χ1n) is 4.10. The summed E-state index contributed by atoms with van der Waals surface area (Å²) >= 11 is 0. The van der Waals surface area contributed by atoms with Gasteiger partial charge in [0.25, 0.3) is 6.43 Å². The Bertz CT molecular complexity index is 348. The fourth-order valence-corrected chi connectivity index (χ4v) is 1.21. The predicted molar refractivity (Wildman–Crippen MR) is 47.5 cm³/mol. The lowest BCUT2D eigenvalue weighted by Gasteiger charge is -2.06. The van der Waals surface area contributed by atoms with E-state index in [0.717, 1.165) is 0 Å². The second-order valence-electron chi connectivity index (χ2n) is 3.06. The summed E-state index contributed by atoms with van der Waals surface area (Å²) in [5.74, 6) is -1.02. The van der Waals surface area contributed by atoms with E-state index >= 15 is 0 Å². The lowest BCUT2D eigenvalue weighted by molar-refractivity contribution is -0.136. The van der Waals surface area contributed by atoms with Crippen LogP contribution in [0.15, 0.2) is 18.2 Å². The van der Waals surface area contributed by atoms with E-state index in [-0.39, 0.29) is 12.0 Å². The molecule has 1 N–H and O–H groups in total. The molecule has 0 aliphatic heterocycles. The van der Waals surface area contributed by atoms with Crippen molar-refractivity contribution >= 4 is 5.97 Å². The molecule has 14 heavy (non-hydrogen) atoms. The largest absolute Gasteiger partial charge is 0.481 e. The van der Waals surface area contributed by atoms with Crippen LogP contribution in [-0.4, -0.2) is 11.1 Å². The Morgan fingerprint density at radius 2 is 2.14 bits per heavy atom. The zero-order valence-corrected chi connectivity index (χ0v) is 7.63. The van der Waals surface area contributed by atoms with Gasteiger partial charge in [0, 0.05) is 5.56 Å². The minimum atomic E-state index is -2.55. The summed E-state index contributed by atoms with van der Waals surface area (Å²) < 4.78 is 24.8. The van der Waals surface area contributed by atoms with E-state index in [4.69, 9.17) is 5.11 Å². The number of hydrogen-bond acceptors (Lipinski definition) is 1. The van der Waals surface area contributed by atoms with Crippen molar-refractivity contribution in [3.05, 3.63) is 34.9 Å². The summed E-state index contributed by atoms with van der Waals surface area (Å²) in [6.07, 6.45) is -2.77. The van der Waals surface area contributed by atoms with Crippen LogP contribution in [0, 0.1) is 6.92 Å². The Morgan fingerprint density at radius 3 is 2.64 bits per heavy atom. The molecule has 0 spiro atoms. The summed E-state index contributed by atoms with van der Waals surface area (Å²) in [5.41, 5.74) is 0.788. The molecule has 1 rings (SSSR count). The molecule has 0 atom stereocenters. The fraction of sp³-hybridized carbons (Fsp3) is 0.300. The highest BCUT2D eigenvalue weighted by atomic mass is 19.3. The van der Waals surface area contributed by atoms with Gasteiger partial charge in [-0.25, -0.2) is 8.78 Å². The van der Waals surface area contributed by atoms with E-state index in [0.29, 0.717) is 11.1 Å². The van der Waals surface area contributed by atoms with Crippen molar-refractivity contribution < 1.29 is 18.7 Å². The maximum atomic E-state index is 12.4. The second-order valence-corrected chi connectivity index (χ2v) is 3.06. The molecule has 0 saturated carbocycles. The predicted octanol–water partition coefficient (Wildman–Crippen LogP) is 2.56. The highest BCUT2D eigenvalue weighted by molar-refractivity contribution is 5.70. The molecule has 2 nitrogen and oxygen atoms in total. The van der Waals surface area contributed by atoms with Gasteiger partial charge in [0.2, 0.25) is 0 Å². The molecule has 0 bridgehead atoms. The van der Waals surface area contributed by atoms with Crippen molar-refractivity contribution in [2.75, 3.05) is 0 Å². The van der Waals surface area contributed by atoms with E-state index < -0.39 is 12.4 Å². The molecule has 1 aromatic rings. The standard InChI is InChI=1S/C10H10F2O2/c1-6-2-3-7(5-9(13)14)4-8(6)10(11)12/h2-4,10H,5H2,1H3,(H,13,14). The minimum Gasteiger partial charge on any atom is -0.481 e. The zero-order chi connectivity index (χ0) is 10.7. The SMILES string of the molecule is Cc1ccc(CC(=O)O)cc1C(F)F. The lowest BCUT2D eigenvalue weighted by Crippen LogP contribution is -2.01. The number of rotatable bonds is 3. The van der Waals surface area contributed by atoms with Gasteiger partial charge in [0.1, 0.15) is 0 Å². The highest BCUT2D eigenvalue weighted by Crippen LogP contribution is 2.23. The molecule has 0 heterocycles. The molecule has 76 valence electrons. The third-order valence-electron chi connectivity index (χ3n) is 1.93. The first-order valence-corrected chi connectivity index (χ1v) is 4.10. The molecule has 0 amide bonds. The van der Waals surface area contributed by atoms with Crippen molar-refractivity contribution in [3.63, 3.8) is 0 Å². The number of alkyl halides is 2. The van der Waals surface area contributed by atoms with Crippen molar-refractivity contribution in [1.82, 2.24) is 0 Å². The molecule has 4 heteroatoms. The van der Waals surface area contributed by atoms with Gasteiger partial charge < -0.3 is 5.11 Å². The van der Waals surface area contributed by atoms with Crippen molar-refractivity contribution in [1.29, 1.82) is 0 Å².